The monoisotopic (exact) mass is 478 g/mol. The number of halogens is 2. The zero-order chi connectivity index (χ0) is 24.4. The van der Waals surface area contributed by atoms with Gasteiger partial charge in [0.05, 0.1) is 12.1 Å². The van der Waals surface area contributed by atoms with Crippen LogP contribution in [0.1, 0.15) is 18.4 Å². The minimum atomic E-state index is -1.03. The number of hydrazine groups is 2. The van der Waals surface area contributed by atoms with Crippen LogP contribution in [0.25, 0.3) is 11.1 Å². The van der Waals surface area contributed by atoms with Crippen molar-refractivity contribution in [3.8, 4) is 11.1 Å². The van der Waals surface area contributed by atoms with Gasteiger partial charge in [-0.2, -0.15) is 0 Å². The summed E-state index contributed by atoms with van der Waals surface area (Å²) in [7, 11) is 0. The summed E-state index contributed by atoms with van der Waals surface area (Å²) in [5.41, 5.74) is 13.9. The Morgan fingerprint density at radius 1 is 1.09 bits per heavy atom. The highest BCUT2D eigenvalue weighted by atomic mass is 19.2. The summed E-state index contributed by atoms with van der Waals surface area (Å²) in [6.45, 7) is 2.25. The molecule has 1 amide bonds. The number of hydrogen-bond donors (Lipinski definition) is 4. The van der Waals surface area contributed by atoms with Gasteiger partial charge in [0, 0.05) is 17.4 Å². The minimum Gasteiger partial charge on any atom is -0.383 e. The number of likely N-dealkylation sites (tertiary alicyclic amines) is 1. The fraction of sp³-hybridized carbons (Fsp3) is 0.208. The van der Waals surface area contributed by atoms with Gasteiger partial charge in [0.25, 0.3) is 0 Å². The fourth-order valence-corrected chi connectivity index (χ4v) is 4.18. The Bertz CT molecular complexity index is 1290. The van der Waals surface area contributed by atoms with Gasteiger partial charge in [-0.25, -0.2) is 24.3 Å². The Labute approximate surface area is 200 Å². The quantitative estimate of drug-likeness (QED) is 0.431. The zero-order valence-corrected chi connectivity index (χ0v) is 18.8. The first-order valence-electron chi connectivity index (χ1n) is 11.2. The Morgan fingerprint density at radius 3 is 2.71 bits per heavy atom. The van der Waals surface area contributed by atoms with E-state index < -0.39 is 11.6 Å². The molecule has 11 heteroatoms. The largest absolute Gasteiger partial charge is 0.383 e. The predicted molar refractivity (Wildman–Crippen MR) is 130 cm³/mol. The van der Waals surface area contributed by atoms with Gasteiger partial charge >= 0.3 is 0 Å². The van der Waals surface area contributed by atoms with Gasteiger partial charge in [-0.05, 0) is 61.8 Å². The van der Waals surface area contributed by atoms with E-state index in [1.807, 2.05) is 24.3 Å². The van der Waals surface area contributed by atoms with Gasteiger partial charge in [-0.15, -0.1) is 10.6 Å². The highest BCUT2D eigenvalue weighted by Crippen LogP contribution is 2.28. The normalized spacial score (nSPS) is 15.7. The van der Waals surface area contributed by atoms with Gasteiger partial charge in [0.2, 0.25) is 5.91 Å². The molecule has 0 unspecified atom stereocenters. The molecule has 9 nitrogen and oxygen atoms in total. The number of hydrogen-bond acceptors (Lipinski definition) is 8. The molecule has 1 fully saturated rings. The molecule has 0 saturated carbocycles. The number of nitrogen functional groups attached to an aromatic ring is 1. The highest BCUT2D eigenvalue weighted by Gasteiger charge is 2.27. The average molecular weight is 479 g/mol. The molecule has 0 radical (unpaired) electrons. The molecule has 0 aliphatic carbocycles. The lowest BCUT2D eigenvalue weighted by Crippen LogP contribution is -2.42. The maximum absolute atomic E-state index is 14.4. The second kappa shape index (κ2) is 9.65. The van der Waals surface area contributed by atoms with Crippen molar-refractivity contribution in [1.82, 2.24) is 21.0 Å². The summed E-state index contributed by atoms with van der Waals surface area (Å²) < 4.78 is 28.2. The van der Waals surface area contributed by atoms with Crippen molar-refractivity contribution in [3.63, 3.8) is 0 Å². The number of carbonyl (C=O) groups excluding carboxylic acids is 1. The zero-order valence-electron chi connectivity index (χ0n) is 18.8. The predicted octanol–water partition coefficient (Wildman–Crippen LogP) is 2.83. The van der Waals surface area contributed by atoms with Gasteiger partial charge in [0.15, 0.2) is 17.5 Å². The number of amidine groups is 1. The first-order chi connectivity index (χ1) is 17.0. The smallest absolute Gasteiger partial charge is 0.238 e. The van der Waals surface area contributed by atoms with Crippen LogP contribution in [-0.4, -0.2) is 41.3 Å². The van der Waals surface area contributed by atoms with E-state index in [9.17, 15) is 13.6 Å². The molecule has 1 aromatic heterocycles. The Hall–Kier alpha value is -4.09. The first-order valence-corrected chi connectivity index (χ1v) is 11.2. The van der Waals surface area contributed by atoms with Crippen molar-refractivity contribution in [1.29, 1.82) is 0 Å². The van der Waals surface area contributed by atoms with Gasteiger partial charge in [0.1, 0.15) is 11.5 Å². The summed E-state index contributed by atoms with van der Waals surface area (Å²) in [4.78, 5) is 18.8. The molecule has 3 aromatic rings. The summed E-state index contributed by atoms with van der Waals surface area (Å²) in [5.74, 6) is -1.70. The fourth-order valence-electron chi connectivity index (χ4n) is 4.18. The lowest BCUT2D eigenvalue weighted by molar-refractivity contribution is -0.117. The number of anilines is 3. The van der Waals surface area contributed by atoms with Crippen molar-refractivity contribution in [2.45, 2.75) is 12.8 Å². The maximum Gasteiger partial charge on any atom is 0.238 e. The van der Waals surface area contributed by atoms with E-state index in [1.54, 1.807) is 12.3 Å². The number of aromatic nitrogens is 1. The van der Waals surface area contributed by atoms with Crippen LogP contribution in [-0.2, 0) is 4.79 Å². The number of nitrogens with one attached hydrogen (secondary N) is 3. The minimum absolute atomic E-state index is 0.0645. The van der Waals surface area contributed by atoms with Crippen LogP contribution >= 0.6 is 0 Å². The van der Waals surface area contributed by atoms with Crippen molar-refractivity contribution in [3.05, 3.63) is 71.9 Å². The van der Waals surface area contributed by atoms with E-state index in [2.05, 4.69) is 31.4 Å². The molecular weight excluding hydrogens is 454 g/mol. The van der Waals surface area contributed by atoms with E-state index in [4.69, 9.17) is 5.73 Å². The van der Waals surface area contributed by atoms with E-state index in [0.717, 1.165) is 37.6 Å². The lowest BCUT2D eigenvalue weighted by atomic mass is 10.0. The number of hydrazone groups is 1. The number of benzene rings is 2. The standard InChI is InChI=1S/C24H24F2N8O/c25-19-7-4-8-20(22(19)26)34-24(30-31-32-34)18-12-16(13-28-23(18)27)15-5-3-6-17(11-15)29-21(35)14-33-9-1-2-10-33/h3-8,11-13,31-32H,1-2,9-10,14H2,(H2,27,28)(H,29,35). The molecule has 35 heavy (non-hydrogen) atoms. The van der Waals surface area contributed by atoms with Crippen molar-refractivity contribution >= 4 is 28.9 Å². The SMILES string of the molecule is Nc1ncc(-c2cccc(NC(=O)CN3CCCC3)c2)cc1C1=NNNN1c1cccc(F)c1F. The topological polar surface area (TPSA) is 111 Å². The number of carbonyl (C=O) groups is 1. The molecule has 0 bridgehead atoms. The number of rotatable bonds is 6. The van der Waals surface area contributed by atoms with Crippen molar-refractivity contribution in [2.24, 2.45) is 5.10 Å². The summed E-state index contributed by atoms with van der Waals surface area (Å²) in [6.07, 6.45) is 3.84. The van der Waals surface area contributed by atoms with Crippen LogP contribution in [0.5, 0.6) is 0 Å². The summed E-state index contributed by atoms with van der Waals surface area (Å²) >= 11 is 0. The number of pyridine rings is 1. The van der Waals surface area contributed by atoms with Crippen molar-refractivity contribution in [2.75, 3.05) is 35.7 Å². The van der Waals surface area contributed by atoms with E-state index in [-0.39, 0.29) is 23.2 Å². The van der Waals surface area contributed by atoms with Gasteiger partial charge in [-0.3, -0.25) is 9.69 Å². The van der Waals surface area contributed by atoms with Gasteiger partial charge in [-0.1, -0.05) is 18.2 Å². The van der Waals surface area contributed by atoms with E-state index in [0.29, 0.717) is 23.4 Å². The molecular formula is C24H24F2N8O. The van der Waals surface area contributed by atoms with Crippen LogP contribution in [0.3, 0.4) is 0 Å². The third-order valence-corrected chi connectivity index (χ3v) is 5.91. The Morgan fingerprint density at radius 2 is 1.89 bits per heavy atom. The molecule has 3 heterocycles. The molecule has 0 atom stereocenters. The summed E-state index contributed by atoms with van der Waals surface area (Å²) in [5, 5.41) is 8.35. The first kappa shape index (κ1) is 22.7. The number of nitrogens with zero attached hydrogens (tertiary/aromatic N) is 4. The maximum atomic E-state index is 14.4. The van der Waals surface area contributed by atoms with Gasteiger partial charge < -0.3 is 11.1 Å². The molecule has 5 rings (SSSR count). The molecule has 1 saturated heterocycles. The van der Waals surface area contributed by atoms with Crippen LogP contribution in [0.4, 0.5) is 26.0 Å². The molecule has 0 spiro atoms. The Kier molecular flexibility index (Phi) is 6.25. The van der Waals surface area contributed by atoms with E-state index in [1.165, 1.54) is 17.1 Å². The second-order valence-corrected chi connectivity index (χ2v) is 8.34. The Balaban J connectivity index is 1.40. The second-order valence-electron chi connectivity index (χ2n) is 8.34. The third kappa shape index (κ3) is 4.77. The average Bonchev–Trinajstić information content (AvgIpc) is 3.54. The molecule has 180 valence electrons. The summed E-state index contributed by atoms with van der Waals surface area (Å²) in [6, 6.07) is 13.0. The number of nitrogens with two attached hydrogens (primary N) is 1. The molecule has 5 N–H and O–H groups in total. The van der Waals surface area contributed by atoms with Crippen LogP contribution in [0.2, 0.25) is 0 Å². The molecule has 2 aliphatic heterocycles. The van der Waals surface area contributed by atoms with Crippen molar-refractivity contribution < 1.29 is 13.6 Å². The van der Waals surface area contributed by atoms with E-state index >= 15 is 0 Å². The molecule has 2 aromatic carbocycles. The highest BCUT2D eigenvalue weighted by molar-refractivity contribution is 6.13. The molecule has 2 aliphatic rings. The van der Waals surface area contributed by atoms with Crippen LogP contribution in [0.15, 0.2) is 59.8 Å². The third-order valence-electron chi connectivity index (χ3n) is 5.91. The van der Waals surface area contributed by atoms with Crippen LogP contribution < -0.4 is 27.1 Å². The van der Waals surface area contributed by atoms with Crippen LogP contribution in [0, 0.1) is 11.6 Å². The number of amides is 1. The lowest BCUT2D eigenvalue weighted by Gasteiger charge is -2.20.